The van der Waals surface area contributed by atoms with E-state index in [0.29, 0.717) is 12.4 Å². The second-order valence-electron chi connectivity index (χ2n) is 4.82. The summed E-state index contributed by atoms with van der Waals surface area (Å²) in [5.41, 5.74) is 3.02. The summed E-state index contributed by atoms with van der Waals surface area (Å²) in [6.45, 7) is 0.467. The molecule has 1 atom stereocenters. The molecule has 1 unspecified atom stereocenters. The Labute approximate surface area is 114 Å². The van der Waals surface area contributed by atoms with Crippen LogP contribution in [0.5, 0.6) is 0 Å². The Morgan fingerprint density at radius 3 is 3.00 bits per heavy atom. The quantitative estimate of drug-likeness (QED) is 0.753. The molecule has 3 aliphatic rings. The van der Waals surface area contributed by atoms with E-state index in [2.05, 4.69) is 20.8 Å². The van der Waals surface area contributed by atoms with Gasteiger partial charge in [0.1, 0.15) is 5.54 Å². The SMILES string of the molecule is O=NC(=O)C1=C2Nc3ccccc3C23NCN=C3C=C1. The van der Waals surface area contributed by atoms with Gasteiger partial charge in [0.05, 0.1) is 23.7 Å². The fourth-order valence-electron chi connectivity index (χ4n) is 3.10. The molecule has 98 valence electrons. The normalized spacial score (nSPS) is 25.5. The molecule has 0 fully saturated rings. The van der Waals surface area contributed by atoms with E-state index in [1.807, 2.05) is 24.3 Å². The molecule has 0 aromatic heterocycles. The number of nitrogens with zero attached hydrogens (tertiary/aromatic N) is 2. The summed E-state index contributed by atoms with van der Waals surface area (Å²) in [5.74, 6) is -0.774. The highest BCUT2D eigenvalue weighted by atomic mass is 16.3. The van der Waals surface area contributed by atoms with E-state index >= 15 is 0 Å². The zero-order valence-electron chi connectivity index (χ0n) is 10.4. The Morgan fingerprint density at radius 1 is 1.30 bits per heavy atom. The Hall–Kier alpha value is -2.60. The third kappa shape index (κ3) is 1.16. The maximum atomic E-state index is 11.7. The molecule has 2 N–H and O–H groups in total. The van der Waals surface area contributed by atoms with Crippen LogP contribution in [0.2, 0.25) is 0 Å². The van der Waals surface area contributed by atoms with Gasteiger partial charge in [0, 0.05) is 16.4 Å². The molecule has 1 aromatic carbocycles. The highest BCUT2D eigenvalue weighted by Crippen LogP contribution is 2.47. The molecule has 0 radical (unpaired) electrons. The van der Waals surface area contributed by atoms with Gasteiger partial charge in [0.25, 0.3) is 0 Å². The smallest absolute Gasteiger partial charge is 0.318 e. The second-order valence-corrected chi connectivity index (χ2v) is 4.82. The first-order chi connectivity index (χ1) is 9.77. The van der Waals surface area contributed by atoms with E-state index in [4.69, 9.17) is 0 Å². The van der Waals surface area contributed by atoms with Crippen molar-refractivity contribution in [2.24, 2.45) is 10.2 Å². The second kappa shape index (κ2) is 3.71. The van der Waals surface area contributed by atoms with Gasteiger partial charge in [-0.2, -0.15) is 0 Å². The number of benzene rings is 1. The predicted molar refractivity (Wildman–Crippen MR) is 74.1 cm³/mol. The topological polar surface area (TPSA) is 82.9 Å². The predicted octanol–water partition coefficient (Wildman–Crippen LogP) is 1.43. The summed E-state index contributed by atoms with van der Waals surface area (Å²) in [6, 6.07) is 7.77. The number of nitroso groups, excluding NO2 is 1. The van der Waals surface area contributed by atoms with E-state index < -0.39 is 11.4 Å². The molecule has 0 saturated heterocycles. The first kappa shape index (κ1) is 11.2. The van der Waals surface area contributed by atoms with Crippen molar-refractivity contribution in [1.29, 1.82) is 0 Å². The molecule has 4 rings (SSSR count). The third-order valence-electron chi connectivity index (χ3n) is 3.93. The van der Waals surface area contributed by atoms with Crippen molar-refractivity contribution in [3.8, 4) is 0 Å². The average Bonchev–Trinajstić information content (AvgIpc) is 3.06. The van der Waals surface area contributed by atoms with E-state index in [-0.39, 0.29) is 5.57 Å². The van der Waals surface area contributed by atoms with Gasteiger partial charge in [-0.05, 0) is 18.2 Å². The van der Waals surface area contributed by atoms with E-state index in [9.17, 15) is 9.70 Å². The third-order valence-corrected chi connectivity index (χ3v) is 3.93. The molecular weight excluding hydrogens is 256 g/mol. The van der Waals surface area contributed by atoms with Crippen molar-refractivity contribution in [2.75, 3.05) is 12.0 Å². The summed E-state index contributed by atoms with van der Waals surface area (Å²) in [7, 11) is 0. The lowest BCUT2D eigenvalue weighted by molar-refractivity contribution is -0.114. The van der Waals surface area contributed by atoms with Gasteiger partial charge in [0.2, 0.25) is 0 Å². The van der Waals surface area contributed by atoms with Crippen LogP contribution in [0.25, 0.3) is 0 Å². The first-order valence-corrected chi connectivity index (χ1v) is 6.24. The van der Waals surface area contributed by atoms with Crippen molar-refractivity contribution in [1.82, 2.24) is 5.32 Å². The highest BCUT2D eigenvalue weighted by molar-refractivity contribution is 6.15. The van der Waals surface area contributed by atoms with Crippen molar-refractivity contribution < 1.29 is 4.79 Å². The largest absolute Gasteiger partial charge is 0.356 e. The molecule has 1 aromatic rings. The highest BCUT2D eigenvalue weighted by Gasteiger charge is 2.51. The first-order valence-electron chi connectivity index (χ1n) is 6.24. The van der Waals surface area contributed by atoms with Gasteiger partial charge in [-0.1, -0.05) is 18.2 Å². The Balaban J connectivity index is 2.03. The van der Waals surface area contributed by atoms with Crippen molar-refractivity contribution in [2.45, 2.75) is 5.54 Å². The number of hydrogen-bond acceptors (Lipinski definition) is 5. The fourth-order valence-corrected chi connectivity index (χ4v) is 3.10. The summed E-state index contributed by atoms with van der Waals surface area (Å²) in [5, 5.41) is 9.10. The minimum Gasteiger partial charge on any atom is -0.356 e. The number of hydrogen-bond donors (Lipinski definition) is 2. The zero-order chi connectivity index (χ0) is 13.7. The molecule has 0 bridgehead atoms. The molecule has 1 spiro atoms. The van der Waals surface area contributed by atoms with Crippen molar-refractivity contribution in [3.63, 3.8) is 0 Å². The van der Waals surface area contributed by atoms with Gasteiger partial charge in [-0.3, -0.25) is 15.1 Å². The maximum absolute atomic E-state index is 11.7. The van der Waals surface area contributed by atoms with Gasteiger partial charge in [-0.25, -0.2) is 0 Å². The van der Waals surface area contributed by atoms with Crippen molar-refractivity contribution >= 4 is 17.3 Å². The molecule has 2 heterocycles. The minimum atomic E-state index is -0.774. The van der Waals surface area contributed by atoms with Crippen LogP contribution in [0, 0.1) is 4.91 Å². The van der Waals surface area contributed by atoms with Crippen LogP contribution >= 0.6 is 0 Å². The lowest BCUT2D eigenvalue weighted by Gasteiger charge is -2.30. The molecular formula is C14H10N4O2. The minimum absolute atomic E-state index is 0.282. The molecule has 6 heteroatoms. The van der Waals surface area contributed by atoms with E-state index in [1.165, 1.54) is 0 Å². The van der Waals surface area contributed by atoms with Crippen LogP contribution in [-0.4, -0.2) is 18.3 Å². The molecule has 2 aliphatic heterocycles. The van der Waals surface area contributed by atoms with Gasteiger partial charge in [0.15, 0.2) is 0 Å². The Bertz CT molecular complexity index is 747. The van der Waals surface area contributed by atoms with E-state index in [1.54, 1.807) is 12.2 Å². The Kier molecular flexibility index (Phi) is 2.08. The van der Waals surface area contributed by atoms with Crippen LogP contribution in [0.3, 0.4) is 0 Å². The van der Waals surface area contributed by atoms with Gasteiger partial charge in [-0.15, -0.1) is 4.91 Å². The number of carbonyl (C=O) groups is 1. The standard InChI is InChI=1S/C14H10N4O2/c19-13(18-20)8-5-6-11-14(16-7-15-11)9-3-1-2-4-10(9)17-12(8)14/h1-6,16-17H,7H2. The number of nitrogens with one attached hydrogen (secondary N) is 2. The van der Waals surface area contributed by atoms with Gasteiger partial charge >= 0.3 is 5.91 Å². The monoisotopic (exact) mass is 266 g/mol. The molecule has 20 heavy (non-hydrogen) atoms. The summed E-state index contributed by atoms with van der Waals surface area (Å²) >= 11 is 0. The maximum Gasteiger partial charge on any atom is 0.318 e. The lowest BCUT2D eigenvalue weighted by Crippen LogP contribution is -2.46. The van der Waals surface area contributed by atoms with Crippen LogP contribution in [-0.2, 0) is 10.3 Å². The fraction of sp³-hybridized carbons (Fsp3) is 0.143. The number of rotatable bonds is 1. The Morgan fingerprint density at radius 2 is 2.15 bits per heavy atom. The number of para-hydroxylation sites is 1. The van der Waals surface area contributed by atoms with Gasteiger partial charge < -0.3 is 5.32 Å². The molecule has 1 amide bonds. The summed E-state index contributed by atoms with van der Waals surface area (Å²) in [6.07, 6.45) is 3.37. The molecule has 6 nitrogen and oxygen atoms in total. The number of anilines is 1. The zero-order valence-corrected chi connectivity index (χ0v) is 10.4. The molecule has 0 saturated carbocycles. The van der Waals surface area contributed by atoms with E-state index in [0.717, 1.165) is 17.0 Å². The number of amides is 1. The van der Waals surface area contributed by atoms with Crippen LogP contribution in [0.4, 0.5) is 5.69 Å². The molecule has 1 aliphatic carbocycles. The van der Waals surface area contributed by atoms with Crippen molar-refractivity contribution in [3.05, 3.63) is 58.2 Å². The van der Waals surface area contributed by atoms with Crippen LogP contribution < -0.4 is 10.6 Å². The average molecular weight is 266 g/mol. The van der Waals surface area contributed by atoms with Crippen LogP contribution in [0.1, 0.15) is 5.56 Å². The van der Waals surface area contributed by atoms with Crippen LogP contribution in [0.15, 0.2) is 57.9 Å². The number of aliphatic imine (C=N–C) groups is 1. The number of carbonyl (C=O) groups excluding carboxylic acids is 1. The summed E-state index contributed by atoms with van der Waals surface area (Å²) < 4.78 is 0. The lowest BCUT2D eigenvalue weighted by atomic mass is 9.80. The number of fused-ring (bicyclic) bond motifs is 1. The summed E-state index contributed by atoms with van der Waals surface area (Å²) in [4.78, 5) is 26.8.